The van der Waals surface area contributed by atoms with Gasteiger partial charge in [0.05, 0.1) is 10.2 Å². The van der Waals surface area contributed by atoms with Crippen LogP contribution >= 0.6 is 22.9 Å². The summed E-state index contributed by atoms with van der Waals surface area (Å²) < 4.78 is 1.03. The highest BCUT2D eigenvalue weighted by atomic mass is 35.5. The maximum absolute atomic E-state index is 12.6. The van der Waals surface area contributed by atoms with Crippen molar-refractivity contribution in [3.63, 3.8) is 0 Å². The molecule has 0 aliphatic heterocycles. The quantitative estimate of drug-likeness (QED) is 0.406. The number of carbonyl (C=O) groups is 1. The number of nitrogens with one attached hydrogen (secondary N) is 2. The Balaban J connectivity index is 1.91. The molecule has 140 valence electrons. The van der Waals surface area contributed by atoms with Gasteiger partial charge in [0.15, 0.2) is 0 Å². The first-order valence-electron chi connectivity index (χ1n) is 8.66. The van der Waals surface area contributed by atoms with E-state index in [0.29, 0.717) is 10.6 Å². The standard InChI is InChI=1S/C20H21ClN4OS/c1-5-12(3)24-25-20-22-16-10-11(2)17(13(4)18(16)27-20)23-19(26)14-6-8-15(21)9-7-14/h6-10H,5H2,1-4H3,(H,22,25)(H,23,26)/b24-12-. The zero-order valence-corrected chi connectivity index (χ0v) is 17.3. The lowest BCUT2D eigenvalue weighted by Crippen LogP contribution is -2.13. The minimum Gasteiger partial charge on any atom is -0.321 e. The second-order valence-electron chi connectivity index (χ2n) is 6.33. The normalized spacial score (nSPS) is 11.7. The number of aromatic nitrogens is 1. The second kappa shape index (κ2) is 8.06. The van der Waals surface area contributed by atoms with E-state index in [1.54, 1.807) is 24.3 Å². The van der Waals surface area contributed by atoms with Crippen LogP contribution in [0.5, 0.6) is 0 Å². The van der Waals surface area contributed by atoms with E-state index >= 15 is 0 Å². The Hall–Kier alpha value is -2.44. The third-order valence-corrected chi connectivity index (χ3v) is 5.66. The number of rotatable bonds is 5. The molecular formula is C20H21ClN4OS. The average Bonchev–Trinajstić information content (AvgIpc) is 3.06. The molecule has 0 aliphatic rings. The van der Waals surface area contributed by atoms with Crippen LogP contribution in [0.3, 0.4) is 0 Å². The van der Waals surface area contributed by atoms with Crippen molar-refractivity contribution in [3.05, 3.63) is 52.0 Å². The van der Waals surface area contributed by atoms with E-state index in [4.69, 9.17) is 11.6 Å². The number of hydrazone groups is 1. The van der Waals surface area contributed by atoms with Gasteiger partial charge in [-0.05, 0) is 68.7 Å². The van der Waals surface area contributed by atoms with Crippen LogP contribution in [0.4, 0.5) is 10.8 Å². The largest absolute Gasteiger partial charge is 0.321 e. The molecule has 0 aliphatic carbocycles. The molecule has 2 aromatic carbocycles. The van der Waals surface area contributed by atoms with Gasteiger partial charge < -0.3 is 5.32 Å². The van der Waals surface area contributed by atoms with Crippen LogP contribution < -0.4 is 10.7 Å². The highest BCUT2D eigenvalue weighted by Crippen LogP contribution is 2.35. The first-order chi connectivity index (χ1) is 12.9. The number of benzene rings is 2. The minimum absolute atomic E-state index is 0.164. The Kier molecular flexibility index (Phi) is 5.77. The van der Waals surface area contributed by atoms with Gasteiger partial charge in [0.25, 0.3) is 5.91 Å². The molecule has 0 unspecified atom stereocenters. The summed E-state index contributed by atoms with van der Waals surface area (Å²) in [4.78, 5) is 17.2. The fraction of sp³-hybridized carbons (Fsp3) is 0.250. The summed E-state index contributed by atoms with van der Waals surface area (Å²) in [6.45, 7) is 7.99. The fourth-order valence-electron chi connectivity index (χ4n) is 2.63. The van der Waals surface area contributed by atoms with Crippen molar-refractivity contribution >= 4 is 55.6 Å². The van der Waals surface area contributed by atoms with Crippen LogP contribution in [0.15, 0.2) is 35.4 Å². The van der Waals surface area contributed by atoms with Crippen molar-refractivity contribution < 1.29 is 4.79 Å². The molecule has 3 rings (SSSR count). The van der Waals surface area contributed by atoms with Gasteiger partial charge in [0.2, 0.25) is 5.13 Å². The molecule has 2 N–H and O–H groups in total. The molecule has 0 saturated carbocycles. The van der Waals surface area contributed by atoms with E-state index in [-0.39, 0.29) is 5.91 Å². The number of carbonyl (C=O) groups excluding carboxylic acids is 1. The van der Waals surface area contributed by atoms with Crippen LogP contribution in [0.2, 0.25) is 5.02 Å². The van der Waals surface area contributed by atoms with Gasteiger partial charge in [-0.3, -0.25) is 10.2 Å². The summed E-state index contributed by atoms with van der Waals surface area (Å²) in [7, 11) is 0. The lowest BCUT2D eigenvalue weighted by Gasteiger charge is -2.12. The highest BCUT2D eigenvalue weighted by molar-refractivity contribution is 7.22. The summed E-state index contributed by atoms with van der Waals surface area (Å²) in [5.74, 6) is -0.164. The maximum Gasteiger partial charge on any atom is 0.255 e. The van der Waals surface area contributed by atoms with E-state index in [1.807, 2.05) is 26.8 Å². The number of nitrogens with zero attached hydrogens (tertiary/aromatic N) is 2. The average molecular weight is 401 g/mol. The van der Waals surface area contributed by atoms with Crippen LogP contribution in [0.1, 0.15) is 41.8 Å². The summed E-state index contributed by atoms with van der Waals surface area (Å²) in [6.07, 6.45) is 0.886. The monoisotopic (exact) mass is 400 g/mol. The number of hydrogen-bond acceptors (Lipinski definition) is 5. The van der Waals surface area contributed by atoms with Gasteiger partial charge in [-0.25, -0.2) is 4.98 Å². The van der Waals surface area contributed by atoms with Crippen molar-refractivity contribution in [2.24, 2.45) is 5.10 Å². The van der Waals surface area contributed by atoms with Gasteiger partial charge in [0, 0.05) is 22.0 Å². The zero-order valence-electron chi connectivity index (χ0n) is 15.7. The molecule has 5 nitrogen and oxygen atoms in total. The Morgan fingerprint density at radius 3 is 2.63 bits per heavy atom. The summed E-state index contributed by atoms with van der Waals surface area (Å²) in [5.41, 5.74) is 8.26. The lowest BCUT2D eigenvalue weighted by molar-refractivity contribution is 0.102. The van der Waals surface area contributed by atoms with Crippen LogP contribution in [0, 0.1) is 13.8 Å². The Morgan fingerprint density at radius 2 is 1.96 bits per heavy atom. The molecule has 1 amide bonds. The molecular weight excluding hydrogens is 380 g/mol. The van der Waals surface area contributed by atoms with Gasteiger partial charge in [0.1, 0.15) is 0 Å². The van der Waals surface area contributed by atoms with Gasteiger partial charge >= 0.3 is 0 Å². The van der Waals surface area contributed by atoms with E-state index in [9.17, 15) is 4.79 Å². The Morgan fingerprint density at radius 1 is 1.26 bits per heavy atom. The molecule has 27 heavy (non-hydrogen) atoms. The van der Waals surface area contributed by atoms with Crippen molar-refractivity contribution in [3.8, 4) is 0 Å². The number of aryl methyl sites for hydroxylation is 2. The maximum atomic E-state index is 12.6. The third kappa shape index (κ3) is 4.28. The SMILES string of the molecule is CC/C(C)=N\Nc1nc2cc(C)c(NC(=O)c3ccc(Cl)cc3)c(C)c2s1. The van der Waals surface area contributed by atoms with Crippen LogP contribution in [0.25, 0.3) is 10.2 Å². The second-order valence-corrected chi connectivity index (χ2v) is 7.77. The first kappa shape index (κ1) is 19.3. The molecule has 0 bridgehead atoms. The van der Waals surface area contributed by atoms with Crippen molar-refractivity contribution in [1.29, 1.82) is 0 Å². The minimum atomic E-state index is -0.164. The molecule has 3 aromatic rings. The molecule has 1 heterocycles. The number of fused-ring (bicyclic) bond motifs is 1. The molecule has 0 radical (unpaired) electrons. The topological polar surface area (TPSA) is 66.4 Å². The number of thiazole rings is 1. The predicted molar refractivity (Wildman–Crippen MR) is 116 cm³/mol. The molecule has 0 saturated heterocycles. The zero-order chi connectivity index (χ0) is 19.6. The van der Waals surface area contributed by atoms with E-state index in [0.717, 1.165) is 44.3 Å². The van der Waals surface area contributed by atoms with E-state index < -0.39 is 0 Å². The Labute approximate surface area is 167 Å². The fourth-order valence-corrected chi connectivity index (χ4v) is 3.65. The van der Waals surface area contributed by atoms with E-state index in [2.05, 4.69) is 27.8 Å². The molecule has 0 atom stereocenters. The van der Waals surface area contributed by atoms with Gasteiger partial charge in [-0.1, -0.05) is 29.9 Å². The van der Waals surface area contributed by atoms with Crippen molar-refractivity contribution in [2.45, 2.75) is 34.1 Å². The smallest absolute Gasteiger partial charge is 0.255 e. The summed E-state index contributed by atoms with van der Waals surface area (Å²) >= 11 is 7.42. The summed E-state index contributed by atoms with van der Waals surface area (Å²) in [5, 5.41) is 8.68. The molecule has 0 fully saturated rings. The number of halogens is 1. The van der Waals surface area contributed by atoms with Gasteiger partial charge in [-0.15, -0.1) is 0 Å². The molecule has 1 aromatic heterocycles. The Bertz CT molecular complexity index is 1020. The number of amides is 1. The highest BCUT2D eigenvalue weighted by Gasteiger charge is 2.15. The van der Waals surface area contributed by atoms with Crippen molar-refractivity contribution in [1.82, 2.24) is 4.98 Å². The summed E-state index contributed by atoms with van der Waals surface area (Å²) in [6, 6.07) is 8.82. The molecule has 7 heteroatoms. The van der Waals surface area contributed by atoms with E-state index in [1.165, 1.54) is 11.3 Å². The number of anilines is 2. The van der Waals surface area contributed by atoms with Gasteiger partial charge in [-0.2, -0.15) is 5.10 Å². The lowest BCUT2D eigenvalue weighted by atomic mass is 10.1. The first-order valence-corrected chi connectivity index (χ1v) is 9.85. The van der Waals surface area contributed by atoms with Crippen molar-refractivity contribution in [2.75, 3.05) is 10.7 Å². The predicted octanol–water partition coefficient (Wildman–Crippen LogP) is 6.02. The van der Waals surface area contributed by atoms with Crippen LogP contribution in [-0.4, -0.2) is 16.6 Å². The molecule has 0 spiro atoms. The third-order valence-electron chi connectivity index (χ3n) is 4.32. The van der Waals surface area contributed by atoms with Crippen LogP contribution in [-0.2, 0) is 0 Å². The number of hydrogen-bond donors (Lipinski definition) is 2.